The zero-order chi connectivity index (χ0) is 20.1. The fourth-order valence-corrected chi connectivity index (χ4v) is 5.27. The van der Waals surface area contributed by atoms with Crippen LogP contribution < -0.4 is 4.90 Å². The predicted octanol–water partition coefficient (Wildman–Crippen LogP) is 2.70. The van der Waals surface area contributed by atoms with Crippen LogP contribution in [0.2, 0.25) is 0 Å². The molecule has 7 heteroatoms. The van der Waals surface area contributed by atoms with Gasteiger partial charge in [0.15, 0.2) is 9.84 Å². The Bertz CT molecular complexity index is 982. The van der Waals surface area contributed by atoms with E-state index in [9.17, 15) is 18.6 Å². The number of fused-ring (bicyclic) bond motifs is 1. The molecule has 0 aromatic heterocycles. The quantitative estimate of drug-likeness (QED) is 0.818. The maximum Gasteiger partial charge on any atom is 0.175 e. The summed E-state index contributed by atoms with van der Waals surface area (Å²) in [4.78, 5) is 4.88. The summed E-state index contributed by atoms with van der Waals surface area (Å²) in [6, 6.07) is 10.2. The van der Waals surface area contributed by atoms with Crippen molar-refractivity contribution in [3.8, 4) is 11.5 Å². The molecule has 1 heterocycles. The topological polar surface area (TPSA) is 81.1 Å². The van der Waals surface area contributed by atoms with Crippen molar-refractivity contribution >= 4 is 15.5 Å². The molecule has 0 radical (unpaired) electrons. The van der Waals surface area contributed by atoms with Crippen molar-refractivity contribution < 1.29 is 18.6 Å². The van der Waals surface area contributed by atoms with E-state index in [1.807, 2.05) is 19.2 Å². The number of phenolic OH excluding ortho intramolecular Hbond substituents is 2. The van der Waals surface area contributed by atoms with Crippen LogP contribution in [-0.2, 0) is 16.3 Å². The van der Waals surface area contributed by atoms with Crippen molar-refractivity contribution in [2.45, 2.75) is 36.2 Å². The maximum atomic E-state index is 11.8. The molecule has 1 aliphatic heterocycles. The first-order chi connectivity index (χ1) is 13.3. The molecule has 28 heavy (non-hydrogen) atoms. The van der Waals surface area contributed by atoms with Gasteiger partial charge >= 0.3 is 0 Å². The Balaban J connectivity index is 1.74. The highest BCUT2D eigenvalue weighted by Gasteiger charge is 2.41. The van der Waals surface area contributed by atoms with Gasteiger partial charge in [0.2, 0.25) is 0 Å². The number of anilines is 1. The summed E-state index contributed by atoms with van der Waals surface area (Å²) in [6.07, 6.45) is 4.28. The lowest BCUT2D eigenvalue weighted by atomic mass is 10.0. The van der Waals surface area contributed by atoms with E-state index in [0.717, 1.165) is 36.3 Å². The first-order valence-electron chi connectivity index (χ1n) is 9.57. The molecule has 0 saturated carbocycles. The van der Waals surface area contributed by atoms with Crippen LogP contribution in [0.1, 0.15) is 30.0 Å². The van der Waals surface area contributed by atoms with Crippen molar-refractivity contribution in [3.63, 3.8) is 0 Å². The largest absolute Gasteiger partial charge is 0.508 e. The van der Waals surface area contributed by atoms with E-state index in [2.05, 4.69) is 9.80 Å². The standard InChI is InChI=1S/C21H26N2O4S/c1-22(14-5-7-16(8-6-14)28(2,26)27)21-18-11-15(24)12-20(25)17(18)13-19(21)23-9-3-4-10-23/h5-8,11-12,19,21,24-25H,3-4,9-10,13H2,1-2H3/t19?,21-/m0/s1. The van der Waals surface area contributed by atoms with Gasteiger partial charge in [-0.1, -0.05) is 0 Å². The molecule has 2 aromatic rings. The van der Waals surface area contributed by atoms with Gasteiger partial charge in [-0.2, -0.15) is 0 Å². The van der Waals surface area contributed by atoms with Crippen LogP contribution in [0, 0.1) is 0 Å². The lowest BCUT2D eigenvalue weighted by molar-refractivity contribution is 0.219. The van der Waals surface area contributed by atoms with E-state index in [0.29, 0.717) is 4.90 Å². The molecule has 0 spiro atoms. The number of hydrogen-bond acceptors (Lipinski definition) is 6. The lowest BCUT2D eigenvalue weighted by Gasteiger charge is -2.37. The molecule has 1 unspecified atom stereocenters. The minimum Gasteiger partial charge on any atom is -0.508 e. The Morgan fingerprint density at radius 2 is 1.71 bits per heavy atom. The molecular weight excluding hydrogens is 376 g/mol. The van der Waals surface area contributed by atoms with Gasteiger partial charge in [-0.3, -0.25) is 4.90 Å². The van der Waals surface area contributed by atoms with Crippen LogP contribution in [-0.4, -0.2) is 56.0 Å². The number of sulfone groups is 1. The first kappa shape index (κ1) is 19.1. The van der Waals surface area contributed by atoms with Gasteiger partial charge in [0.05, 0.1) is 10.9 Å². The van der Waals surface area contributed by atoms with Crippen LogP contribution in [0.15, 0.2) is 41.3 Å². The summed E-state index contributed by atoms with van der Waals surface area (Å²) in [5.74, 6) is 0.201. The summed E-state index contributed by atoms with van der Waals surface area (Å²) in [5.41, 5.74) is 2.72. The third-order valence-electron chi connectivity index (χ3n) is 6.04. The zero-order valence-electron chi connectivity index (χ0n) is 16.2. The maximum absolute atomic E-state index is 11.8. The smallest absolute Gasteiger partial charge is 0.175 e. The third-order valence-corrected chi connectivity index (χ3v) is 7.17. The highest BCUT2D eigenvalue weighted by molar-refractivity contribution is 7.90. The number of likely N-dealkylation sites (tertiary alicyclic amines) is 1. The van der Waals surface area contributed by atoms with Crippen molar-refractivity contribution in [2.24, 2.45) is 0 Å². The molecule has 4 rings (SSSR count). The summed E-state index contributed by atoms with van der Waals surface area (Å²) < 4.78 is 23.5. The number of benzene rings is 2. The summed E-state index contributed by atoms with van der Waals surface area (Å²) >= 11 is 0. The number of rotatable bonds is 4. The van der Waals surface area contributed by atoms with E-state index in [4.69, 9.17) is 0 Å². The normalized spacial score (nSPS) is 22.4. The highest BCUT2D eigenvalue weighted by Crippen LogP contribution is 2.45. The molecule has 1 aliphatic carbocycles. The zero-order valence-corrected chi connectivity index (χ0v) is 17.0. The number of aromatic hydroxyl groups is 2. The molecule has 0 amide bonds. The molecule has 1 saturated heterocycles. The Morgan fingerprint density at radius 1 is 1.07 bits per heavy atom. The Kier molecular flexibility index (Phi) is 4.75. The van der Waals surface area contributed by atoms with Crippen LogP contribution >= 0.6 is 0 Å². The minimum atomic E-state index is -3.24. The van der Waals surface area contributed by atoms with Gasteiger partial charge in [-0.25, -0.2) is 8.42 Å². The van der Waals surface area contributed by atoms with Crippen molar-refractivity contribution in [3.05, 3.63) is 47.5 Å². The SMILES string of the molecule is CN(c1ccc(S(C)(=O)=O)cc1)[C@H]1c2cc(O)cc(O)c2CC1N1CCCC1. The number of nitrogens with zero attached hydrogens (tertiary/aromatic N) is 2. The number of likely N-dealkylation sites (N-methyl/N-ethyl adjacent to an activating group) is 1. The Hall–Kier alpha value is -2.25. The van der Waals surface area contributed by atoms with E-state index >= 15 is 0 Å². The van der Waals surface area contributed by atoms with Gasteiger partial charge in [-0.05, 0) is 68.2 Å². The van der Waals surface area contributed by atoms with Crippen LogP contribution in [0.4, 0.5) is 5.69 Å². The Labute approximate surface area is 165 Å². The van der Waals surface area contributed by atoms with Gasteiger partial charge in [0, 0.05) is 36.7 Å². The monoisotopic (exact) mass is 402 g/mol. The van der Waals surface area contributed by atoms with Crippen molar-refractivity contribution in [2.75, 3.05) is 31.3 Å². The Morgan fingerprint density at radius 3 is 2.32 bits per heavy atom. The molecule has 1 fully saturated rings. The molecule has 2 aliphatic rings. The molecule has 2 N–H and O–H groups in total. The molecular formula is C21H26N2O4S. The third kappa shape index (κ3) is 3.33. The molecule has 2 atom stereocenters. The summed E-state index contributed by atoms with van der Waals surface area (Å²) in [7, 11) is -1.26. The van der Waals surface area contributed by atoms with Crippen molar-refractivity contribution in [1.29, 1.82) is 0 Å². The van der Waals surface area contributed by atoms with E-state index < -0.39 is 9.84 Å². The van der Waals surface area contributed by atoms with Gasteiger partial charge in [0.25, 0.3) is 0 Å². The molecule has 0 bridgehead atoms. The van der Waals surface area contributed by atoms with E-state index in [1.165, 1.54) is 25.2 Å². The number of phenols is 2. The fraction of sp³-hybridized carbons (Fsp3) is 0.429. The molecule has 6 nitrogen and oxygen atoms in total. The summed E-state index contributed by atoms with van der Waals surface area (Å²) in [6.45, 7) is 2.06. The van der Waals surface area contributed by atoms with Gasteiger partial charge in [-0.15, -0.1) is 0 Å². The second kappa shape index (κ2) is 6.97. The van der Waals surface area contributed by atoms with Gasteiger partial charge in [0.1, 0.15) is 11.5 Å². The highest BCUT2D eigenvalue weighted by atomic mass is 32.2. The number of hydrogen-bond donors (Lipinski definition) is 2. The van der Waals surface area contributed by atoms with E-state index in [-0.39, 0.29) is 23.6 Å². The van der Waals surface area contributed by atoms with Crippen LogP contribution in [0.3, 0.4) is 0 Å². The van der Waals surface area contributed by atoms with Crippen LogP contribution in [0.25, 0.3) is 0 Å². The molecule has 150 valence electrons. The minimum absolute atomic E-state index is 0.0322. The van der Waals surface area contributed by atoms with Crippen LogP contribution in [0.5, 0.6) is 11.5 Å². The lowest BCUT2D eigenvalue weighted by Crippen LogP contribution is -2.42. The second-order valence-electron chi connectivity index (χ2n) is 7.87. The fourth-order valence-electron chi connectivity index (χ4n) is 4.64. The average Bonchev–Trinajstić information content (AvgIpc) is 3.28. The average molecular weight is 403 g/mol. The summed E-state index contributed by atoms with van der Waals surface area (Å²) in [5, 5.41) is 20.5. The second-order valence-corrected chi connectivity index (χ2v) is 9.88. The first-order valence-corrected chi connectivity index (χ1v) is 11.5. The van der Waals surface area contributed by atoms with Crippen molar-refractivity contribution in [1.82, 2.24) is 4.90 Å². The predicted molar refractivity (Wildman–Crippen MR) is 109 cm³/mol. The van der Waals surface area contributed by atoms with E-state index in [1.54, 1.807) is 18.2 Å². The van der Waals surface area contributed by atoms with Gasteiger partial charge < -0.3 is 15.1 Å². The molecule has 2 aromatic carbocycles.